The lowest BCUT2D eigenvalue weighted by atomic mass is 10.1. The summed E-state index contributed by atoms with van der Waals surface area (Å²) >= 11 is 6.69. The number of ether oxygens (including phenoxy) is 1. The van der Waals surface area contributed by atoms with Crippen LogP contribution in [0.4, 0.5) is 4.39 Å². The van der Waals surface area contributed by atoms with E-state index in [9.17, 15) is 14.0 Å². The molecule has 4 rings (SSSR count). The fourth-order valence-electron chi connectivity index (χ4n) is 2.86. The van der Waals surface area contributed by atoms with Crippen LogP contribution >= 0.6 is 31.9 Å². The predicted octanol–water partition coefficient (Wildman–Crippen LogP) is 5.64. The van der Waals surface area contributed by atoms with Crippen molar-refractivity contribution >= 4 is 43.6 Å². The minimum atomic E-state index is -0.838. The normalized spacial score (nSPS) is 10.7. The van der Waals surface area contributed by atoms with Crippen LogP contribution in [0.15, 0.2) is 81.7 Å². The Balaban J connectivity index is 1.60. The van der Waals surface area contributed by atoms with Gasteiger partial charge in [-0.3, -0.25) is 4.79 Å². The summed E-state index contributed by atoms with van der Waals surface area (Å²) in [5.74, 6) is -1.43. The minimum Gasteiger partial charge on any atom is -0.451 e. The first-order chi connectivity index (χ1) is 15.4. The molecule has 160 valence electrons. The first-order valence-corrected chi connectivity index (χ1v) is 10.9. The molecule has 1 heterocycles. The second kappa shape index (κ2) is 9.54. The zero-order chi connectivity index (χ0) is 22.7. The highest BCUT2D eigenvalue weighted by molar-refractivity contribution is 9.10. The number of hydrogen-bond acceptors (Lipinski definition) is 5. The Morgan fingerprint density at radius 2 is 1.47 bits per heavy atom. The lowest BCUT2D eigenvalue weighted by molar-refractivity contribution is 0.0462. The predicted molar refractivity (Wildman–Crippen MR) is 123 cm³/mol. The van der Waals surface area contributed by atoms with Gasteiger partial charge in [0, 0.05) is 20.1 Å². The standard InChI is InChI=1S/C23H14Br2FN3O3/c24-16-5-1-14(2-6-16)20(30)13-32-23(31)21-27-22(15-3-7-17(25)8-4-15)29(28-21)19-11-9-18(26)10-12-19/h1-12H,13H2. The van der Waals surface area contributed by atoms with Gasteiger partial charge in [-0.25, -0.2) is 18.9 Å². The number of aromatic nitrogens is 3. The molecule has 0 N–H and O–H groups in total. The Morgan fingerprint density at radius 3 is 2.09 bits per heavy atom. The molecule has 0 atom stereocenters. The molecule has 0 radical (unpaired) electrons. The van der Waals surface area contributed by atoms with E-state index >= 15 is 0 Å². The number of carbonyl (C=O) groups excluding carboxylic acids is 2. The number of nitrogens with zero attached hydrogens (tertiary/aromatic N) is 3. The van der Waals surface area contributed by atoms with Crippen LogP contribution in [0.1, 0.15) is 21.0 Å². The maximum Gasteiger partial charge on any atom is 0.378 e. The molecule has 0 amide bonds. The molecule has 32 heavy (non-hydrogen) atoms. The number of ketones is 1. The van der Waals surface area contributed by atoms with Gasteiger partial charge in [0.05, 0.1) is 5.69 Å². The van der Waals surface area contributed by atoms with Gasteiger partial charge < -0.3 is 4.74 Å². The van der Waals surface area contributed by atoms with Crippen LogP contribution < -0.4 is 0 Å². The third kappa shape index (κ3) is 5.00. The number of hydrogen-bond donors (Lipinski definition) is 0. The minimum absolute atomic E-state index is 0.212. The van der Waals surface area contributed by atoms with Crippen molar-refractivity contribution in [2.24, 2.45) is 0 Å². The molecule has 0 unspecified atom stereocenters. The lowest BCUT2D eigenvalue weighted by Gasteiger charge is -2.06. The maximum atomic E-state index is 13.4. The molecular formula is C23H14Br2FN3O3. The van der Waals surface area contributed by atoms with E-state index in [2.05, 4.69) is 41.9 Å². The van der Waals surface area contributed by atoms with E-state index < -0.39 is 18.4 Å². The molecule has 0 bridgehead atoms. The van der Waals surface area contributed by atoms with E-state index in [-0.39, 0.29) is 11.6 Å². The second-order valence-corrected chi connectivity index (χ2v) is 8.49. The van der Waals surface area contributed by atoms with Gasteiger partial charge in [-0.2, -0.15) is 0 Å². The van der Waals surface area contributed by atoms with E-state index in [4.69, 9.17) is 4.74 Å². The van der Waals surface area contributed by atoms with Crippen LogP contribution in [0.3, 0.4) is 0 Å². The molecule has 9 heteroatoms. The Morgan fingerprint density at radius 1 is 0.875 bits per heavy atom. The van der Waals surface area contributed by atoms with E-state index in [1.54, 1.807) is 36.4 Å². The third-order valence-electron chi connectivity index (χ3n) is 4.46. The monoisotopic (exact) mass is 557 g/mol. The SMILES string of the molecule is O=C(COC(=O)c1nc(-c2ccc(Br)cc2)n(-c2ccc(F)cc2)n1)c1ccc(Br)cc1. The van der Waals surface area contributed by atoms with Gasteiger partial charge >= 0.3 is 5.97 Å². The van der Waals surface area contributed by atoms with Crippen LogP contribution in [0, 0.1) is 5.82 Å². The fraction of sp³-hybridized carbons (Fsp3) is 0.0435. The summed E-state index contributed by atoms with van der Waals surface area (Å²) in [6.07, 6.45) is 0. The number of esters is 1. The summed E-state index contributed by atoms with van der Waals surface area (Å²) in [7, 11) is 0. The highest BCUT2D eigenvalue weighted by atomic mass is 79.9. The molecule has 0 aliphatic carbocycles. The van der Waals surface area contributed by atoms with Crippen molar-refractivity contribution in [1.29, 1.82) is 0 Å². The van der Waals surface area contributed by atoms with Crippen molar-refractivity contribution in [2.45, 2.75) is 0 Å². The smallest absolute Gasteiger partial charge is 0.378 e. The molecule has 0 saturated carbocycles. The molecule has 0 fully saturated rings. The lowest BCUT2D eigenvalue weighted by Crippen LogP contribution is -2.15. The molecule has 6 nitrogen and oxygen atoms in total. The average Bonchev–Trinajstić information content (AvgIpc) is 3.24. The number of halogens is 3. The van der Waals surface area contributed by atoms with Crippen molar-refractivity contribution in [2.75, 3.05) is 6.61 Å². The van der Waals surface area contributed by atoms with Crippen LogP contribution in [-0.2, 0) is 4.74 Å². The van der Waals surface area contributed by atoms with Crippen molar-refractivity contribution in [3.63, 3.8) is 0 Å². The molecule has 0 aliphatic rings. The molecular weight excluding hydrogens is 545 g/mol. The molecule has 0 spiro atoms. The highest BCUT2D eigenvalue weighted by Crippen LogP contribution is 2.23. The number of benzene rings is 3. The van der Waals surface area contributed by atoms with E-state index in [0.717, 1.165) is 8.95 Å². The van der Waals surface area contributed by atoms with Crippen LogP contribution in [0.2, 0.25) is 0 Å². The van der Waals surface area contributed by atoms with Gasteiger partial charge in [0.2, 0.25) is 0 Å². The van der Waals surface area contributed by atoms with Crippen molar-refractivity contribution in [3.05, 3.63) is 98.9 Å². The molecule has 0 aliphatic heterocycles. The first kappa shape index (κ1) is 22.0. The van der Waals surface area contributed by atoms with Crippen LogP contribution in [0.5, 0.6) is 0 Å². The van der Waals surface area contributed by atoms with Gasteiger partial charge in [-0.15, -0.1) is 5.10 Å². The van der Waals surface area contributed by atoms with E-state index in [1.165, 1.54) is 28.9 Å². The van der Waals surface area contributed by atoms with E-state index in [1.807, 2.05) is 12.1 Å². The largest absolute Gasteiger partial charge is 0.451 e. The quantitative estimate of drug-likeness (QED) is 0.226. The van der Waals surface area contributed by atoms with Gasteiger partial charge in [0.25, 0.3) is 5.82 Å². The summed E-state index contributed by atoms with van der Waals surface area (Å²) < 4.78 is 21.7. The summed E-state index contributed by atoms with van der Waals surface area (Å²) in [5.41, 5.74) is 1.62. The summed E-state index contributed by atoms with van der Waals surface area (Å²) in [6, 6.07) is 19.6. The summed E-state index contributed by atoms with van der Waals surface area (Å²) in [6.45, 7) is -0.445. The molecule has 4 aromatic rings. The second-order valence-electron chi connectivity index (χ2n) is 6.66. The van der Waals surface area contributed by atoms with E-state index in [0.29, 0.717) is 22.6 Å². The maximum absolute atomic E-state index is 13.4. The fourth-order valence-corrected chi connectivity index (χ4v) is 3.39. The molecule has 1 aromatic heterocycles. The van der Waals surface area contributed by atoms with Gasteiger partial charge in [0.15, 0.2) is 18.2 Å². The van der Waals surface area contributed by atoms with Crippen molar-refractivity contribution in [3.8, 4) is 17.1 Å². The zero-order valence-corrected chi connectivity index (χ0v) is 19.5. The topological polar surface area (TPSA) is 74.1 Å². The Bertz CT molecular complexity index is 1210. The first-order valence-electron chi connectivity index (χ1n) is 9.35. The summed E-state index contributed by atoms with van der Waals surface area (Å²) in [5, 5.41) is 4.25. The van der Waals surface area contributed by atoms with Gasteiger partial charge in [-0.05, 0) is 48.5 Å². The van der Waals surface area contributed by atoms with Crippen molar-refractivity contribution in [1.82, 2.24) is 14.8 Å². The third-order valence-corrected chi connectivity index (χ3v) is 5.52. The van der Waals surface area contributed by atoms with Crippen molar-refractivity contribution < 1.29 is 18.7 Å². The highest BCUT2D eigenvalue weighted by Gasteiger charge is 2.21. The Hall–Kier alpha value is -3.17. The Kier molecular flexibility index (Phi) is 6.57. The number of carbonyl (C=O) groups is 2. The van der Waals surface area contributed by atoms with Gasteiger partial charge in [-0.1, -0.05) is 56.1 Å². The number of Topliss-reactive ketones (excluding diaryl/α,β-unsaturated/α-hetero) is 1. The molecule has 0 saturated heterocycles. The average molecular weight is 559 g/mol. The summed E-state index contributed by atoms with van der Waals surface area (Å²) in [4.78, 5) is 29.2. The Labute approximate surface area is 199 Å². The van der Waals surface area contributed by atoms with Crippen LogP contribution in [-0.4, -0.2) is 33.1 Å². The zero-order valence-electron chi connectivity index (χ0n) is 16.3. The number of rotatable bonds is 6. The molecule has 3 aromatic carbocycles. The van der Waals surface area contributed by atoms with Gasteiger partial charge in [0.1, 0.15) is 5.82 Å². The van der Waals surface area contributed by atoms with Crippen LogP contribution in [0.25, 0.3) is 17.1 Å².